The van der Waals surface area contributed by atoms with Gasteiger partial charge in [-0.25, -0.2) is 4.39 Å². The van der Waals surface area contributed by atoms with E-state index in [9.17, 15) is 19.1 Å². The van der Waals surface area contributed by atoms with E-state index in [1.165, 1.54) is 6.07 Å². The van der Waals surface area contributed by atoms with Crippen molar-refractivity contribution < 1.29 is 29.0 Å². The van der Waals surface area contributed by atoms with E-state index in [2.05, 4.69) is 15.7 Å². The number of rotatable bonds is 8. The molecule has 0 unspecified atom stereocenters. The molecule has 1 heterocycles. The zero-order valence-electron chi connectivity index (χ0n) is 17.0. The summed E-state index contributed by atoms with van der Waals surface area (Å²) >= 11 is 0. The minimum atomic E-state index is -0.788. The van der Waals surface area contributed by atoms with E-state index in [4.69, 9.17) is 9.90 Å². The zero-order valence-corrected chi connectivity index (χ0v) is 17.0. The van der Waals surface area contributed by atoms with Crippen LogP contribution in [0.4, 0.5) is 4.39 Å². The lowest BCUT2D eigenvalue weighted by molar-refractivity contribution is -0.125. The van der Waals surface area contributed by atoms with E-state index in [1.54, 1.807) is 29.1 Å². The van der Waals surface area contributed by atoms with Crippen LogP contribution >= 0.6 is 0 Å². The number of nitrogens with zero attached hydrogens (tertiary/aromatic N) is 2. The van der Waals surface area contributed by atoms with Crippen LogP contribution in [0.2, 0.25) is 0 Å². The molecular weight excluding hydrogens is 407 g/mol. The Balaban J connectivity index is 0.00000107. The van der Waals surface area contributed by atoms with E-state index < -0.39 is 18.0 Å². The molecule has 4 N–H and O–H groups in total. The molecule has 1 saturated carbocycles. The van der Waals surface area contributed by atoms with Gasteiger partial charge in [0, 0.05) is 31.4 Å². The van der Waals surface area contributed by atoms with Crippen LogP contribution in [0.25, 0.3) is 0 Å². The maximum Gasteiger partial charge on any atom is 0.290 e. The first-order valence-electron chi connectivity index (χ1n) is 9.98. The zero-order chi connectivity index (χ0) is 22.6. The van der Waals surface area contributed by atoms with Crippen LogP contribution in [0.15, 0.2) is 42.7 Å². The van der Waals surface area contributed by atoms with Crippen LogP contribution in [0.5, 0.6) is 0 Å². The number of benzene rings is 1. The van der Waals surface area contributed by atoms with E-state index in [-0.39, 0.29) is 30.6 Å². The topological polar surface area (TPSA) is 134 Å². The molecule has 0 aliphatic heterocycles. The molecule has 1 aliphatic carbocycles. The van der Waals surface area contributed by atoms with Gasteiger partial charge in [-0.3, -0.25) is 19.1 Å². The Labute approximate surface area is 179 Å². The second-order valence-corrected chi connectivity index (χ2v) is 7.20. The molecule has 0 spiro atoms. The molecule has 3 rings (SSSR count). The van der Waals surface area contributed by atoms with Crippen LogP contribution in [-0.2, 0) is 27.3 Å². The van der Waals surface area contributed by atoms with Crippen molar-refractivity contribution in [3.05, 3.63) is 54.1 Å². The van der Waals surface area contributed by atoms with Gasteiger partial charge in [-0.05, 0) is 37.0 Å². The van der Waals surface area contributed by atoms with Crippen LogP contribution in [-0.4, -0.2) is 57.0 Å². The number of hydrogen-bond donors (Lipinski definition) is 4. The fourth-order valence-corrected chi connectivity index (χ4v) is 3.49. The predicted molar refractivity (Wildman–Crippen MR) is 109 cm³/mol. The van der Waals surface area contributed by atoms with Crippen LogP contribution < -0.4 is 10.6 Å². The molecule has 2 amide bonds. The molecule has 0 radical (unpaired) electrons. The third kappa shape index (κ3) is 7.82. The molecule has 1 fully saturated rings. The summed E-state index contributed by atoms with van der Waals surface area (Å²) < 4.78 is 15.5. The van der Waals surface area contributed by atoms with Gasteiger partial charge in [-0.15, -0.1) is 0 Å². The summed E-state index contributed by atoms with van der Waals surface area (Å²) in [7, 11) is 0. The number of carbonyl (C=O) groups excluding carboxylic acids is 2. The van der Waals surface area contributed by atoms with Crippen molar-refractivity contribution in [1.29, 1.82) is 0 Å². The van der Waals surface area contributed by atoms with E-state index >= 15 is 0 Å². The van der Waals surface area contributed by atoms with Gasteiger partial charge in [-0.2, -0.15) is 5.10 Å². The molecule has 31 heavy (non-hydrogen) atoms. The van der Waals surface area contributed by atoms with Gasteiger partial charge in [-0.1, -0.05) is 18.2 Å². The molecule has 3 atom stereocenters. The number of aliphatic hydroxyl groups is 1. The van der Waals surface area contributed by atoms with Gasteiger partial charge < -0.3 is 20.8 Å². The molecule has 1 aromatic heterocycles. The largest absolute Gasteiger partial charge is 0.483 e. The quantitative estimate of drug-likeness (QED) is 0.358. The monoisotopic (exact) mass is 434 g/mol. The highest BCUT2D eigenvalue weighted by Gasteiger charge is 2.37. The van der Waals surface area contributed by atoms with Crippen molar-refractivity contribution in [2.24, 2.45) is 5.92 Å². The number of carbonyl (C=O) groups is 3. The maximum absolute atomic E-state index is 13.7. The first kappa shape index (κ1) is 24.0. The number of carboxylic acid groups (broad SMARTS) is 1. The SMILES string of the molecule is O=C(Cc1ccccc1F)N[C@H]1C[C@H](C(=O)NCCCn2cccn2)C[C@@H]1O.O=CO. The summed E-state index contributed by atoms with van der Waals surface area (Å²) in [4.78, 5) is 32.8. The summed E-state index contributed by atoms with van der Waals surface area (Å²) in [5.74, 6) is -1.27. The lowest BCUT2D eigenvalue weighted by Gasteiger charge is -2.16. The lowest BCUT2D eigenvalue weighted by Crippen LogP contribution is -2.41. The minimum Gasteiger partial charge on any atom is -0.483 e. The number of nitrogens with one attached hydrogen (secondary N) is 2. The molecule has 0 bridgehead atoms. The smallest absolute Gasteiger partial charge is 0.290 e. The summed E-state index contributed by atoms with van der Waals surface area (Å²) in [6.45, 7) is 0.991. The highest BCUT2D eigenvalue weighted by Crippen LogP contribution is 2.26. The Bertz CT molecular complexity index is 846. The summed E-state index contributed by atoms with van der Waals surface area (Å²) in [5, 5.41) is 26.8. The molecule has 1 aromatic carbocycles. The number of halogens is 1. The fraction of sp³-hybridized carbons (Fsp3) is 0.429. The van der Waals surface area contributed by atoms with Crippen molar-refractivity contribution in [1.82, 2.24) is 20.4 Å². The van der Waals surface area contributed by atoms with Crippen molar-refractivity contribution in [3.63, 3.8) is 0 Å². The lowest BCUT2D eigenvalue weighted by atomic mass is 10.1. The molecule has 1 aliphatic rings. The van der Waals surface area contributed by atoms with Crippen LogP contribution in [0.3, 0.4) is 0 Å². The Morgan fingerprint density at radius 2 is 2.00 bits per heavy atom. The molecule has 9 nitrogen and oxygen atoms in total. The molecule has 168 valence electrons. The third-order valence-electron chi connectivity index (χ3n) is 4.98. The van der Waals surface area contributed by atoms with Crippen molar-refractivity contribution in [3.8, 4) is 0 Å². The van der Waals surface area contributed by atoms with Gasteiger partial charge in [0.05, 0.1) is 18.6 Å². The maximum atomic E-state index is 13.7. The molecule has 0 saturated heterocycles. The summed E-state index contributed by atoms with van der Waals surface area (Å²) in [6, 6.07) is 7.44. The number of aliphatic hydroxyl groups excluding tert-OH is 1. The molecule has 2 aromatic rings. The normalized spacial score (nSPS) is 19.7. The number of amides is 2. The summed E-state index contributed by atoms with van der Waals surface area (Å²) in [5.41, 5.74) is 0.305. The Morgan fingerprint density at radius 1 is 1.26 bits per heavy atom. The first-order chi connectivity index (χ1) is 14.9. The molecular formula is C21H27FN4O5. The first-order valence-corrected chi connectivity index (χ1v) is 9.98. The third-order valence-corrected chi connectivity index (χ3v) is 4.98. The highest BCUT2D eigenvalue weighted by molar-refractivity contribution is 5.81. The van der Waals surface area contributed by atoms with E-state index in [0.717, 1.165) is 13.0 Å². The van der Waals surface area contributed by atoms with Gasteiger partial charge in [0.1, 0.15) is 5.82 Å². The Morgan fingerprint density at radius 3 is 2.68 bits per heavy atom. The van der Waals surface area contributed by atoms with Crippen molar-refractivity contribution in [2.75, 3.05) is 6.54 Å². The summed E-state index contributed by atoms with van der Waals surface area (Å²) in [6.07, 6.45) is 4.11. The Kier molecular flexibility index (Phi) is 9.63. The predicted octanol–water partition coefficient (Wildman–Crippen LogP) is 0.728. The second kappa shape index (κ2) is 12.4. The van der Waals surface area contributed by atoms with Crippen LogP contribution in [0, 0.1) is 11.7 Å². The van der Waals surface area contributed by atoms with Crippen molar-refractivity contribution >= 4 is 18.3 Å². The number of aryl methyl sites for hydroxylation is 1. The average Bonchev–Trinajstić information content (AvgIpc) is 3.38. The standard InChI is InChI=1S/C20H25FN4O3.CH2O2/c21-16-6-2-1-5-14(16)13-19(27)24-17-11-15(12-18(17)26)20(28)22-7-3-9-25-10-4-8-23-25;2-1-3/h1-2,4-6,8,10,15,17-18,26H,3,7,9,11-13H2,(H,22,28)(H,24,27);1H,(H,2,3)/t15-,17-,18-;/m0./s1. The highest BCUT2D eigenvalue weighted by atomic mass is 19.1. The van der Waals surface area contributed by atoms with Gasteiger partial charge in [0.25, 0.3) is 6.47 Å². The van der Waals surface area contributed by atoms with Gasteiger partial charge in [0.2, 0.25) is 11.8 Å². The molecule has 10 heteroatoms. The van der Waals surface area contributed by atoms with Crippen molar-refractivity contribution in [2.45, 2.75) is 44.4 Å². The van der Waals surface area contributed by atoms with Gasteiger partial charge >= 0.3 is 0 Å². The second-order valence-electron chi connectivity index (χ2n) is 7.20. The fourth-order valence-electron chi connectivity index (χ4n) is 3.49. The Hall–Kier alpha value is -3.27. The number of hydrogen-bond acceptors (Lipinski definition) is 5. The van der Waals surface area contributed by atoms with E-state index in [1.807, 2.05) is 12.3 Å². The minimum absolute atomic E-state index is 0.0970. The average molecular weight is 434 g/mol. The van der Waals surface area contributed by atoms with Gasteiger partial charge in [0.15, 0.2) is 0 Å². The van der Waals surface area contributed by atoms with E-state index in [0.29, 0.717) is 24.9 Å². The van der Waals surface area contributed by atoms with Crippen LogP contribution in [0.1, 0.15) is 24.8 Å². The number of aromatic nitrogens is 2.